The van der Waals surface area contributed by atoms with Crippen LogP contribution in [0.2, 0.25) is 0 Å². The van der Waals surface area contributed by atoms with Crippen molar-refractivity contribution in [2.75, 3.05) is 0 Å². The highest BCUT2D eigenvalue weighted by Crippen LogP contribution is 2.32. The Kier molecular flexibility index (Phi) is 5.37. The number of rotatable bonds is 3. The molecule has 0 saturated heterocycles. The summed E-state index contributed by atoms with van der Waals surface area (Å²) in [6.07, 6.45) is 2.42. The second-order valence-electron chi connectivity index (χ2n) is 6.78. The monoisotopic (exact) mass is 369 g/mol. The summed E-state index contributed by atoms with van der Waals surface area (Å²) in [6.45, 7) is 7.63. The first-order valence-electron chi connectivity index (χ1n) is 7.66. The maximum absolute atomic E-state index is 11.8. The molecule has 4 nitrogen and oxygen atoms in total. The number of aryl methyl sites for hydroxylation is 1. The molecular weight excluding hydrogens is 346 g/mol. The fraction of sp³-hybridized carbons (Fsp3) is 0.588. The fourth-order valence-electron chi connectivity index (χ4n) is 2.59. The molecule has 5 heteroatoms. The van der Waals surface area contributed by atoms with E-state index in [0.717, 1.165) is 35.0 Å². The van der Waals surface area contributed by atoms with Gasteiger partial charge >= 0.3 is 6.09 Å². The third-order valence-corrected chi connectivity index (χ3v) is 4.18. The molecule has 0 heterocycles. The molecule has 2 rings (SSSR count). The quantitative estimate of drug-likeness (QED) is 0.847. The molecular formula is C17H24BrNO3. The number of carbonyl (C=O) groups is 1. The first-order chi connectivity index (χ1) is 10.2. The number of amides is 1. The van der Waals surface area contributed by atoms with Gasteiger partial charge in [0.2, 0.25) is 0 Å². The lowest BCUT2D eigenvalue weighted by atomic mass is 10.2. The van der Waals surface area contributed by atoms with Gasteiger partial charge < -0.3 is 14.8 Å². The number of hydrogen-bond donors (Lipinski definition) is 1. The lowest BCUT2D eigenvalue weighted by Gasteiger charge is -2.22. The van der Waals surface area contributed by atoms with Crippen LogP contribution in [0.25, 0.3) is 0 Å². The van der Waals surface area contributed by atoms with Crippen LogP contribution in [0, 0.1) is 6.92 Å². The molecule has 122 valence electrons. The molecule has 1 fully saturated rings. The minimum Gasteiger partial charge on any atom is -0.489 e. The largest absolute Gasteiger partial charge is 0.489 e. The van der Waals surface area contributed by atoms with Crippen LogP contribution in [0.15, 0.2) is 22.7 Å². The zero-order valence-electron chi connectivity index (χ0n) is 13.6. The van der Waals surface area contributed by atoms with Crippen molar-refractivity contribution in [2.24, 2.45) is 0 Å². The van der Waals surface area contributed by atoms with Gasteiger partial charge in [-0.05, 0) is 68.1 Å². The van der Waals surface area contributed by atoms with E-state index in [1.54, 1.807) is 0 Å². The molecule has 0 radical (unpaired) electrons. The van der Waals surface area contributed by atoms with Gasteiger partial charge in [-0.1, -0.05) is 12.1 Å². The Hall–Kier alpha value is -1.23. The first kappa shape index (κ1) is 17.1. The van der Waals surface area contributed by atoms with Gasteiger partial charge in [0.1, 0.15) is 17.5 Å². The van der Waals surface area contributed by atoms with E-state index < -0.39 is 5.60 Å². The molecule has 2 atom stereocenters. The number of halogens is 1. The van der Waals surface area contributed by atoms with Crippen LogP contribution in [-0.4, -0.2) is 23.8 Å². The summed E-state index contributed by atoms with van der Waals surface area (Å²) in [5.41, 5.74) is 0.642. The van der Waals surface area contributed by atoms with E-state index in [4.69, 9.17) is 9.47 Å². The van der Waals surface area contributed by atoms with Gasteiger partial charge in [-0.15, -0.1) is 0 Å². The van der Waals surface area contributed by atoms with Crippen LogP contribution in [0.4, 0.5) is 4.79 Å². The standard InChI is InChI=1S/C17H24BrNO3/c1-11-6-5-7-14(18)15(11)21-13-9-8-12(10-13)19-16(20)22-17(2,3)4/h5-7,12-13H,8-10H2,1-4H3,(H,19,20)/t12-,13+/m0/s1. The van der Waals surface area contributed by atoms with E-state index in [1.807, 2.05) is 45.9 Å². The molecule has 1 saturated carbocycles. The van der Waals surface area contributed by atoms with Crippen molar-refractivity contribution in [2.45, 2.75) is 64.7 Å². The highest BCUT2D eigenvalue weighted by atomic mass is 79.9. The summed E-state index contributed by atoms with van der Waals surface area (Å²) in [5.74, 6) is 0.894. The average Bonchev–Trinajstić information content (AvgIpc) is 2.79. The normalized spacial score (nSPS) is 21.5. The van der Waals surface area contributed by atoms with Crippen molar-refractivity contribution in [3.05, 3.63) is 28.2 Å². The smallest absolute Gasteiger partial charge is 0.407 e. The summed E-state index contributed by atoms with van der Waals surface area (Å²) in [6, 6.07) is 6.12. The summed E-state index contributed by atoms with van der Waals surface area (Å²) >= 11 is 3.53. The average molecular weight is 370 g/mol. The Morgan fingerprint density at radius 3 is 2.68 bits per heavy atom. The van der Waals surface area contributed by atoms with Gasteiger partial charge in [0.05, 0.1) is 4.47 Å². The molecule has 1 aliphatic carbocycles. The molecule has 1 aromatic carbocycles. The summed E-state index contributed by atoms with van der Waals surface area (Å²) < 4.78 is 12.4. The van der Waals surface area contributed by atoms with Gasteiger partial charge in [-0.2, -0.15) is 0 Å². The predicted octanol–water partition coefficient (Wildman–Crippen LogP) is 4.58. The van der Waals surface area contributed by atoms with Gasteiger partial charge in [0, 0.05) is 12.5 Å². The van der Waals surface area contributed by atoms with Gasteiger partial charge in [-0.3, -0.25) is 0 Å². The van der Waals surface area contributed by atoms with Gasteiger partial charge in [-0.25, -0.2) is 4.79 Å². The van der Waals surface area contributed by atoms with Crippen LogP contribution in [0.5, 0.6) is 5.75 Å². The molecule has 0 spiro atoms. The Morgan fingerprint density at radius 1 is 1.32 bits per heavy atom. The van der Waals surface area contributed by atoms with Crippen LogP contribution in [0.3, 0.4) is 0 Å². The molecule has 0 bridgehead atoms. The number of hydrogen-bond acceptors (Lipinski definition) is 3. The molecule has 1 aliphatic rings. The zero-order valence-corrected chi connectivity index (χ0v) is 15.2. The molecule has 22 heavy (non-hydrogen) atoms. The molecule has 0 aliphatic heterocycles. The fourth-order valence-corrected chi connectivity index (χ4v) is 3.14. The third-order valence-electron chi connectivity index (χ3n) is 3.55. The second-order valence-corrected chi connectivity index (χ2v) is 7.64. The van der Waals surface area contributed by atoms with Gasteiger partial charge in [0.25, 0.3) is 0 Å². The number of nitrogens with one attached hydrogen (secondary N) is 1. The maximum Gasteiger partial charge on any atom is 0.407 e. The van der Waals surface area contributed by atoms with Crippen molar-refractivity contribution in [1.82, 2.24) is 5.32 Å². The number of alkyl carbamates (subject to hydrolysis) is 1. The highest BCUT2D eigenvalue weighted by Gasteiger charge is 2.29. The number of carbonyl (C=O) groups excluding carboxylic acids is 1. The Labute approximate surface area is 140 Å². The van der Waals surface area contributed by atoms with Crippen LogP contribution in [-0.2, 0) is 4.74 Å². The lowest BCUT2D eigenvalue weighted by Crippen LogP contribution is -2.38. The van der Waals surface area contributed by atoms with Crippen molar-refractivity contribution in [3.8, 4) is 5.75 Å². The molecule has 0 unspecified atom stereocenters. The zero-order chi connectivity index (χ0) is 16.3. The minimum atomic E-state index is -0.468. The summed E-state index contributed by atoms with van der Waals surface area (Å²) in [7, 11) is 0. The van der Waals surface area contributed by atoms with Crippen LogP contribution in [0.1, 0.15) is 45.6 Å². The molecule has 1 N–H and O–H groups in total. The van der Waals surface area contributed by atoms with Crippen LogP contribution >= 0.6 is 15.9 Å². The highest BCUT2D eigenvalue weighted by molar-refractivity contribution is 9.10. The first-order valence-corrected chi connectivity index (χ1v) is 8.45. The van der Waals surface area contributed by atoms with Crippen molar-refractivity contribution in [1.29, 1.82) is 0 Å². The minimum absolute atomic E-state index is 0.114. The topological polar surface area (TPSA) is 47.6 Å². The second kappa shape index (κ2) is 6.90. The third kappa shape index (κ3) is 4.90. The number of ether oxygens (including phenoxy) is 2. The predicted molar refractivity (Wildman–Crippen MR) is 90.3 cm³/mol. The molecule has 1 amide bonds. The SMILES string of the molecule is Cc1cccc(Br)c1O[C@@H]1CC[C@H](NC(=O)OC(C)(C)C)C1. The molecule has 1 aromatic rings. The number of para-hydroxylation sites is 1. The van der Waals surface area contributed by atoms with Crippen LogP contribution < -0.4 is 10.1 Å². The summed E-state index contributed by atoms with van der Waals surface area (Å²) in [5, 5.41) is 2.93. The van der Waals surface area contributed by atoms with E-state index in [2.05, 4.69) is 21.2 Å². The van der Waals surface area contributed by atoms with Gasteiger partial charge in [0.15, 0.2) is 0 Å². The van der Waals surface area contributed by atoms with E-state index in [1.165, 1.54) is 0 Å². The molecule has 0 aromatic heterocycles. The summed E-state index contributed by atoms with van der Waals surface area (Å²) in [4.78, 5) is 11.8. The van der Waals surface area contributed by atoms with E-state index >= 15 is 0 Å². The van der Waals surface area contributed by atoms with E-state index in [0.29, 0.717) is 0 Å². The Balaban J connectivity index is 1.87. The Morgan fingerprint density at radius 2 is 2.05 bits per heavy atom. The Bertz CT molecular complexity index is 519. The van der Waals surface area contributed by atoms with E-state index in [9.17, 15) is 4.79 Å². The lowest BCUT2D eigenvalue weighted by molar-refractivity contribution is 0.0503. The maximum atomic E-state index is 11.8. The van der Waals surface area contributed by atoms with Crippen molar-refractivity contribution in [3.63, 3.8) is 0 Å². The van der Waals surface area contributed by atoms with Crippen molar-refractivity contribution >= 4 is 22.0 Å². The number of benzene rings is 1. The van der Waals surface area contributed by atoms with E-state index in [-0.39, 0.29) is 18.2 Å². The van der Waals surface area contributed by atoms with Crippen molar-refractivity contribution < 1.29 is 14.3 Å².